The number of nitrogens with zero attached hydrogens (tertiary/aromatic N) is 2. The molecule has 8 nitrogen and oxygen atoms in total. The number of urea groups is 1. The second-order valence-corrected chi connectivity index (χ2v) is 6.87. The standard InChI is InChI=1S/C19H24N4O4/c1-12-7-6-10-16-21-15(11-23(12)16)18(25)27-13(2)17(24)22-19(26)20-14-8-4-3-5-9-14/h6-7,10-11,13-14H,3-5,8-9H2,1-2H3,(H2,20,22,24,26). The second kappa shape index (κ2) is 8.20. The summed E-state index contributed by atoms with van der Waals surface area (Å²) in [6, 6.07) is 5.04. The number of carbonyl (C=O) groups excluding carboxylic acids is 3. The molecule has 0 radical (unpaired) electrons. The molecule has 1 aliphatic carbocycles. The molecule has 0 saturated heterocycles. The smallest absolute Gasteiger partial charge is 0.359 e. The molecule has 27 heavy (non-hydrogen) atoms. The van der Waals surface area contributed by atoms with Gasteiger partial charge in [0.15, 0.2) is 11.8 Å². The first kappa shape index (κ1) is 18.9. The highest BCUT2D eigenvalue weighted by Gasteiger charge is 2.24. The number of imide groups is 1. The van der Waals surface area contributed by atoms with Crippen LogP contribution in [0.4, 0.5) is 4.79 Å². The normalized spacial score (nSPS) is 15.9. The molecule has 2 aromatic heterocycles. The zero-order valence-corrected chi connectivity index (χ0v) is 15.5. The molecular formula is C19H24N4O4. The SMILES string of the molecule is Cc1cccc2nc(C(=O)OC(C)C(=O)NC(=O)NC3CCCCC3)cn12. The van der Waals surface area contributed by atoms with E-state index in [9.17, 15) is 14.4 Å². The molecule has 0 aromatic carbocycles. The van der Waals surface area contributed by atoms with Gasteiger partial charge in [0.05, 0.1) is 0 Å². The van der Waals surface area contributed by atoms with Crippen LogP contribution in [0.25, 0.3) is 5.65 Å². The topological polar surface area (TPSA) is 102 Å². The van der Waals surface area contributed by atoms with Gasteiger partial charge in [0, 0.05) is 17.9 Å². The maximum Gasteiger partial charge on any atom is 0.359 e. The van der Waals surface area contributed by atoms with Crippen LogP contribution in [-0.4, -0.2) is 39.4 Å². The van der Waals surface area contributed by atoms with Gasteiger partial charge in [-0.2, -0.15) is 0 Å². The predicted molar refractivity (Wildman–Crippen MR) is 98.4 cm³/mol. The summed E-state index contributed by atoms with van der Waals surface area (Å²) >= 11 is 0. The van der Waals surface area contributed by atoms with Gasteiger partial charge in [0.2, 0.25) is 0 Å². The molecule has 1 aliphatic rings. The van der Waals surface area contributed by atoms with Gasteiger partial charge in [-0.1, -0.05) is 25.3 Å². The van der Waals surface area contributed by atoms with E-state index in [-0.39, 0.29) is 11.7 Å². The van der Waals surface area contributed by atoms with E-state index in [1.54, 1.807) is 16.7 Å². The molecule has 2 N–H and O–H groups in total. The lowest BCUT2D eigenvalue weighted by atomic mass is 9.96. The van der Waals surface area contributed by atoms with Crippen molar-refractivity contribution in [1.29, 1.82) is 0 Å². The van der Waals surface area contributed by atoms with Crippen LogP contribution < -0.4 is 10.6 Å². The zero-order valence-electron chi connectivity index (χ0n) is 15.5. The average molecular weight is 372 g/mol. The summed E-state index contributed by atoms with van der Waals surface area (Å²) in [5, 5.41) is 5.01. The fourth-order valence-electron chi connectivity index (χ4n) is 3.20. The molecule has 1 unspecified atom stereocenters. The zero-order chi connectivity index (χ0) is 19.4. The first-order valence-electron chi connectivity index (χ1n) is 9.21. The quantitative estimate of drug-likeness (QED) is 0.802. The Morgan fingerprint density at radius 3 is 2.67 bits per heavy atom. The Kier molecular flexibility index (Phi) is 5.73. The number of aromatic nitrogens is 2. The highest BCUT2D eigenvalue weighted by atomic mass is 16.5. The van der Waals surface area contributed by atoms with Gasteiger partial charge in [0.1, 0.15) is 5.65 Å². The summed E-state index contributed by atoms with van der Waals surface area (Å²) in [6.45, 7) is 3.31. The van der Waals surface area contributed by atoms with Gasteiger partial charge in [-0.3, -0.25) is 10.1 Å². The van der Waals surface area contributed by atoms with Crippen molar-refractivity contribution in [1.82, 2.24) is 20.0 Å². The number of nitrogens with one attached hydrogen (secondary N) is 2. The van der Waals surface area contributed by atoms with E-state index in [2.05, 4.69) is 15.6 Å². The van der Waals surface area contributed by atoms with Crippen molar-refractivity contribution >= 4 is 23.6 Å². The lowest BCUT2D eigenvalue weighted by Crippen LogP contribution is -2.48. The van der Waals surface area contributed by atoms with Gasteiger partial charge in [-0.25, -0.2) is 14.6 Å². The molecule has 1 saturated carbocycles. The van der Waals surface area contributed by atoms with E-state index >= 15 is 0 Å². The Labute approximate surface area is 157 Å². The lowest BCUT2D eigenvalue weighted by Gasteiger charge is -2.23. The molecule has 0 aliphatic heterocycles. The van der Waals surface area contributed by atoms with Crippen LogP contribution in [-0.2, 0) is 9.53 Å². The fourth-order valence-corrected chi connectivity index (χ4v) is 3.20. The number of rotatable bonds is 4. The summed E-state index contributed by atoms with van der Waals surface area (Å²) in [5.74, 6) is -1.38. The Morgan fingerprint density at radius 2 is 1.96 bits per heavy atom. The van der Waals surface area contributed by atoms with E-state index in [4.69, 9.17) is 4.74 Å². The third-order valence-electron chi connectivity index (χ3n) is 4.74. The Bertz CT molecular complexity index is 855. The minimum Gasteiger partial charge on any atom is -0.448 e. The summed E-state index contributed by atoms with van der Waals surface area (Å²) in [6.07, 6.45) is 5.61. The van der Waals surface area contributed by atoms with Crippen LogP contribution >= 0.6 is 0 Å². The Balaban J connectivity index is 1.54. The van der Waals surface area contributed by atoms with Crippen molar-refractivity contribution in [3.8, 4) is 0 Å². The predicted octanol–water partition coefficient (Wildman–Crippen LogP) is 2.35. The lowest BCUT2D eigenvalue weighted by molar-refractivity contribution is -0.127. The van der Waals surface area contributed by atoms with Crippen LogP contribution in [0.15, 0.2) is 24.4 Å². The maximum absolute atomic E-state index is 12.3. The summed E-state index contributed by atoms with van der Waals surface area (Å²) in [7, 11) is 0. The van der Waals surface area contributed by atoms with Gasteiger partial charge in [-0.15, -0.1) is 0 Å². The van der Waals surface area contributed by atoms with Crippen LogP contribution in [0.1, 0.15) is 55.2 Å². The number of imidazole rings is 1. The molecule has 3 amide bonds. The molecular weight excluding hydrogens is 348 g/mol. The molecule has 144 valence electrons. The fraction of sp³-hybridized carbons (Fsp3) is 0.474. The van der Waals surface area contributed by atoms with Crippen LogP contribution in [0.3, 0.4) is 0 Å². The van der Waals surface area contributed by atoms with Crippen molar-refractivity contribution in [3.05, 3.63) is 35.8 Å². The summed E-state index contributed by atoms with van der Waals surface area (Å²) < 4.78 is 6.91. The molecule has 0 spiro atoms. The minimum atomic E-state index is -1.11. The molecule has 1 atom stereocenters. The van der Waals surface area contributed by atoms with Gasteiger partial charge in [-0.05, 0) is 38.8 Å². The highest BCUT2D eigenvalue weighted by molar-refractivity contribution is 5.98. The van der Waals surface area contributed by atoms with Crippen molar-refractivity contribution in [2.45, 2.75) is 58.1 Å². The number of ether oxygens (including phenoxy) is 1. The molecule has 3 rings (SSSR count). The van der Waals surface area contributed by atoms with E-state index in [1.165, 1.54) is 13.3 Å². The minimum absolute atomic E-state index is 0.0885. The van der Waals surface area contributed by atoms with Gasteiger partial charge in [0.25, 0.3) is 5.91 Å². The third-order valence-corrected chi connectivity index (χ3v) is 4.74. The van der Waals surface area contributed by atoms with Crippen molar-refractivity contribution < 1.29 is 19.1 Å². The van der Waals surface area contributed by atoms with E-state index < -0.39 is 24.0 Å². The van der Waals surface area contributed by atoms with Crippen LogP contribution in [0.5, 0.6) is 0 Å². The van der Waals surface area contributed by atoms with Gasteiger partial charge < -0.3 is 14.5 Å². The van der Waals surface area contributed by atoms with Crippen molar-refractivity contribution in [3.63, 3.8) is 0 Å². The number of esters is 1. The number of hydrogen-bond acceptors (Lipinski definition) is 5. The number of pyridine rings is 1. The highest BCUT2D eigenvalue weighted by Crippen LogP contribution is 2.17. The maximum atomic E-state index is 12.3. The summed E-state index contributed by atoms with van der Waals surface area (Å²) in [5.41, 5.74) is 1.64. The monoisotopic (exact) mass is 372 g/mol. The third kappa shape index (κ3) is 4.64. The number of carbonyl (C=O) groups is 3. The molecule has 0 bridgehead atoms. The largest absolute Gasteiger partial charge is 0.448 e. The number of hydrogen-bond donors (Lipinski definition) is 2. The first-order valence-corrected chi connectivity index (χ1v) is 9.21. The molecule has 2 heterocycles. The van der Waals surface area contributed by atoms with E-state index in [0.717, 1.165) is 31.4 Å². The first-order chi connectivity index (χ1) is 12.9. The number of aryl methyl sites for hydroxylation is 1. The number of amides is 3. The van der Waals surface area contributed by atoms with E-state index in [1.807, 2.05) is 19.1 Å². The summed E-state index contributed by atoms with van der Waals surface area (Å²) in [4.78, 5) is 40.5. The van der Waals surface area contributed by atoms with Crippen molar-refractivity contribution in [2.24, 2.45) is 0 Å². The Morgan fingerprint density at radius 1 is 1.22 bits per heavy atom. The van der Waals surface area contributed by atoms with Crippen LogP contribution in [0, 0.1) is 6.92 Å². The Hall–Kier alpha value is -2.90. The van der Waals surface area contributed by atoms with Crippen molar-refractivity contribution in [2.75, 3.05) is 0 Å². The molecule has 2 aromatic rings. The molecule has 8 heteroatoms. The van der Waals surface area contributed by atoms with Gasteiger partial charge >= 0.3 is 12.0 Å². The molecule has 1 fully saturated rings. The average Bonchev–Trinajstić information content (AvgIpc) is 3.08. The number of fused-ring (bicyclic) bond motifs is 1. The van der Waals surface area contributed by atoms with E-state index in [0.29, 0.717) is 5.65 Å². The van der Waals surface area contributed by atoms with Crippen LogP contribution in [0.2, 0.25) is 0 Å². The second-order valence-electron chi connectivity index (χ2n) is 6.87.